The van der Waals surface area contributed by atoms with E-state index in [1.165, 1.54) is 0 Å². The summed E-state index contributed by atoms with van der Waals surface area (Å²) < 4.78 is 5.14. The molecule has 5 heteroatoms. The van der Waals surface area contributed by atoms with E-state index >= 15 is 0 Å². The Bertz CT molecular complexity index is 381. The summed E-state index contributed by atoms with van der Waals surface area (Å²) in [4.78, 5) is 6.46. The molecule has 1 saturated heterocycles. The highest BCUT2D eigenvalue weighted by Crippen LogP contribution is 2.29. The van der Waals surface area contributed by atoms with Crippen molar-refractivity contribution in [2.24, 2.45) is 5.92 Å². The maximum Gasteiger partial charge on any atom is 0.229 e. The van der Waals surface area contributed by atoms with Gasteiger partial charge in [0.25, 0.3) is 0 Å². The Hall–Kier alpha value is -0.940. The molecule has 0 amide bonds. The normalized spacial score (nSPS) is 19.9. The fourth-order valence-electron chi connectivity index (χ4n) is 1.97. The first-order valence-electron chi connectivity index (χ1n) is 6.18. The summed E-state index contributed by atoms with van der Waals surface area (Å²) in [5, 5.41) is 14.1. The van der Waals surface area contributed by atoms with Crippen LogP contribution in [0.3, 0.4) is 0 Å². The molecule has 1 aromatic rings. The van der Waals surface area contributed by atoms with Crippen molar-refractivity contribution < 1.29 is 9.63 Å². The molecule has 17 heavy (non-hydrogen) atoms. The predicted octanol–water partition coefficient (Wildman–Crippen LogP) is 1.40. The summed E-state index contributed by atoms with van der Waals surface area (Å²) in [5.41, 5.74) is -0.537. The van der Waals surface area contributed by atoms with Crippen LogP contribution in [-0.2, 0) is 6.54 Å². The Kier molecular flexibility index (Phi) is 3.23. The number of nitrogens with zero attached hydrogens (tertiary/aromatic N) is 3. The third-order valence-electron chi connectivity index (χ3n) is 3.41. The fraction of sp³-hybridized carbons (Fsp3) is 0.833. The molecule has 1 N–H and O–H groups in total. The zero-order chi connectivity index (χ0) is 12.6. The summed E-state index contributed by atoms with van der Waals surface area (Å²) in [7, 11) is 0. The zero-order valence-corrected chi connectivity index (χ0v) is 11.0. The van der Waals surface area contributed by atoms with Crippen molar-refractivity contribution in [2.45, 2.75) is 45.8 Å². The van der Waals surface area contributed by atoms with E-state index in [1.807, 2.05) is 27.7 Å². The molecular weight excluding hydrogens is 218 g/mol. The largest absolute Gasteiger partial charge is 0.387 e. The van der Waals surface area contributed by atoms with Crippen molar-refractivity contribution in [1.29, 1.82) is 0 Å². The summed E-state index contributed by atoms with van der Waals surface area (Å²) >= 11 is 0. The third kappa shape index (κ3) is 2.50. The lowest BCUT2D eigenvalue weighted by molar-refractivity contribution is -0.131. The van der Waals surface area contributed by atoms with Crippen LogP contribution >= 0.6 is 0 Å². The second-order valence-corrected chi connectivity index (χ2v) is 5.61. The van der Waals surface area contributed by atoms with Gasteiger partial charge in [-0.05, 0) is 5.92 Å². The molecule has 96 valence electrons. The van der Waals surface area contributed by atoms with Gasteiger partial charge in [0.05, 0.1) is 12.1 Å². The summed E-state index contributed by atoms with van der Waals surface area (Å²) in [6, 6.07) is 0. The van der Waals surface area contributed by atoms with Crippen molar-refractivity contribution in [1.82, 2.24) is 15.0 Å². The van der Waals surface area contributed by atoms with E-state index in [2.05, 4.69) is 15.0 Å². The Labute approximate surface area is 102 Å². The lowest BCUT2D eigenvalue weighted by Crippen LogP contribution is -2.63. The van der Waals surface area contributed by atoms with E-state index in [0.717, 1.165) is 0 Å². The SMILES string of the molecule is CC(C)c1nc(CN2CC(O)(C(C)C)C2)no1. The van der Waals surface area contributed by atoms with Crippen LogP contribution in [0.5, 0.6) is 0 Å². The van der Waals surface area contributed by atoms with Crippen molar-refractivity contribution in [2.75, 3.05) is 13.1 Å². The number of hydrogen-bond acceptors (Lipinski definition) is 5. The number of likely N-dealkylation sites (tertiary alicyclic amines) is 1. The van der Waals surface area contributed by atoms with Crippen LogP contribution in [0.4, 0.5) is 0 Å². The van der Waals surface area contributed by atoms with E-state index in [0.29, 0.717) is 31.3 Å². The lowest BCUT2D eigenvalue weighted by atomic mass is 9.83. The number of hydrogen-bond donors (Lipinski definition) is 1. The maximum absolute atomic E-state index is 10.1. The molecule has 0 saturated carbocycles. The molecule has 1 aromatic heterocycles. The van der Waals surface area contributed by atoms with E-state index in [1.54, 1.807) is 0 Å². The Morgan fingerprint density at radius 2 is 2.00 bits per heavy atom. The highest BCUT2D eigenvalue weighted by Gasteiger charge is 2.43. The van der Waals surface area contributed by atoms with E-state index in [-0.39, 0.29) is 11.8 Å². The van der Waals surface area contributed by atoms with Gasteiger partial charge >= 0.3 is 0 Å². The topological polar surface area (TPSA) is 62.4 Å². The predicted molar refractivity (Wildman–Crippen MR) is 63.5 cm³/mol. The van der Waals surface area contributed by atoms with Crippen LogP contribution in [0.1, 0.15) is 45.3 Å². The van der Waals surface area contributed by atoms with Crippen molar-refractivity contribution in [3.63, 3.8) is 0 Å². The molecule has 1 fully saturated rings. The van der Waals surface area contributed by atoms with Gasteiger partial charge in [-0.25, -0.2) is 0 Å². The molecule has 0 radical (unpaired) electrons. The average molecular weight is 239 g/mol. The maximum atomic E-state index is 10.1. The van der Waals surface area contributed by atoms with Crippen molar-refractivity contribution in [3.8, 4) is 0 Å². The van der Waals surface area contributed by atoms with Crippen LogP contribution < -0.4 is 0 Å². The third-order valence-corrected chi connectivity index (χ3v) is 3.41. The van der Waals surface area contributed by atoms with Crippen LogP contribution in [0.2, 0.25) is 0 Å². The molecular formula is C12H21N3O2. The van der Waals surface area contributed by atoms with E-state index in [4.69, 9.17) is 4.52 Å². The molecule has 5 nitrogen and oxygen atoms in total. The minimum Gasteiger partial charge on any atom is -0.387 e. The zero-order valence-electron chi connectivity index (χ0n) is 11.0. The van der Waals surface area contributed by atoms with Gasteiger partial charge in [0, 0.05) is 19.0 Å². The molecule has 0 atom stereocenters. The van der Waals surface area contributed by atoms with Gasteiger partial charge in [-0.1, -0.05) is 32.9 Å². The second kappa shape index (κ2) is 4.38. The van der Waals surface area contributed by atoms with Crippen molar-refractivity contribution >= 4 is 0 Å². The lowest BCUT2D eigenvalue weighted by Gasteiger charge is -2.48. The molecule has 2 rings (SSSR count). The minimum atomic E-state index is -0.537. The van der Waals surface area contributed by atoms with Gasteiger partial charge in [-0.3, -0.25) is 4.90 Å². The monoisotopic (exact) mass is 239 g/mol. The number of aliphatic hydroxyl groups is 1. The molecule has 1 aliphatic rings. The van der Waals surface area contributed by atoms with Gasteiger partial charge in [-0.15, -0.1) is 0 Å². The molecule has 0 spiro atoms. The van der Waals surface area contributed by atoms with E-state index in [9.17, 15) is 5.11 Å². The average Bonchev–Trinajstić information content (AvgIpc) is 2.63. The Balaban J connectivity index is 1.87. The second-order valence-electron chi connectivity index (χ2n) is 5.61. The highest BCUT2D eigenvalue weighted by molar-refractivity contribution is 5.00. The quantitative estimate of drug-likeness (QED) is 0.860. The standard InChI is InChI=1S/C12H21N3O2/c1-8(2)11-13-10(14-17-11)5-15-6-12(16,7-15)9(3)4/h8-9,16H,5-7H2,1-4H3. The van der Waals surface area contributed by atoms with Gasteiger partial charge in [-0.2, -0.15) is 4.98 Å². The van der Waals surface area contributed by atoms with Crippen LogP contribution in [0, 0.1) is 5.92 Å². The van der Waals surface area contributed by atoms with Gasteiger partial charge < -0.3 is 9.63 Å². The first kappa shape index (κ1) is 12.5. The first-order chi connectivity index (χ1) is 7.90. The summed E-state index contributed by atoms with van der Waals surface area (Å²) in [5.74, 6) is 1.94. The van der Waals surface area contributed by atoms with Gasteiger partial charge in [0.15, 0.2) is 5.82 Å². The smallest absolute Gasteiger partial charge is 0.229 e. The molecule has 0 bridgehead atoms. The first-order valence-corrected chi connectivity index (χ1v) is 6.18. The molecule has 0 aliphatic carbocycles. The number of aromatic nitrogens is 2. The van der Waals surface area contributed by atoms with Crippen LogP contribution in [0.15, 0.2) is 4.52 Å². The summed E-state index contributed by atoms with van der Waals surface area (Å²) in [6.45, 7) is 10.2. The van der Waals surface area contributed by atoms with Crippen LogP contribution in [-0.4, -0.2) is 38.8 Å². The number of β-amino-alcohol motifs (C(OH)–C–C–N with tert-alkyl or cyclic N) is 1. The highest BCUT2D eigenvalue weighted by atomic mass is 16.5. The molecule has 1 aliphatic heterocycles. The van der Waals surface area contributed by atoms with Crippen LogP contribution in [0.25, 0.3) is 0 Å². The summed E-state index contributed by atoms with van der Waals surface area (Å²) in [6.07, 6.45) is 0. The fourth-order valence-corrected chi connectivity index (χ4v) is 1.97. The van der Waals surface area contributed by atoms with Crippen molar-refractivity contribution in [3.05, 3.63) is 11.7 Å². The van der Waals surface area contributed by atoms with Gasteiger partial charge in [0.2, 0.25) is 5.89 Å². The Morgan fingerprint density at radius 1 is 1.35 bits per heavy atom. The number of rotatable bonds is 4. The molecule has 0 unspecified atom stereocenters. The Morgan fingerprint density at radius 3 is 2.47 bits per heavy atom. The van der Waals surface area contributed by atoms with E-state index < -0.39 is 5.60 Å². The minimum absolute atomic E-state index is 0.264. The molecule has 2 heterocycles. The van der Waals surface area contributed by atoms with Gasteiger partial charge in [0.1, 0.15) is 0 Å². The molecule has 0 aromatic carbocycles.